The van der Waals surface area contributed by atoms with Crippen LogP contribution >= 0.6 is 11.6 Å². The Morgan fingerprint density at radius 3 is 2.65 bits per heavy atom. The third-order valence-electron chi connectivity index (χ3n) is 2.83. The van der Waals surface area contributed by atoms with Crippen molar-refractivity contribution in [1.82, 2.24) is 0 Å². The average Bonchev–Trinajstić information content (AvgIpc) is 2.34. The van der Waals surface area contributed by atoms with E-state index < -0.39 is 12.3 Å². The number of anilines is 1. The Balaban J connectivity index is 2.25. The fourth-order valence-electron chi connectivity index (χ4n) is 1.79. The van der Waals surface area contributed by atoms with Crippen LogP contribution in [0.25, 0.3) is 6.08 Å². The van der Waals surface area contributed by atoms with E-state index in [0.717, 1.165) is 6.08 Å². The summed E-state index contributed by atoms with van der Waals surface area (Å²) < 4.78 is 42.9. The summed E-state index contributed by atoms with van der Waals surface area (Å²) in [7, 11) is 0. The standard InChI is InChI=1S/C14H15ClF3NO/c1-8(2)7-19-11-6-12-9(5-10(11)15)3-4-13(20-12)14(16,17)18/h3-6,8,13,19H,7H2,1-2H3. The van der Waals surface area contributed by atoms with Gasteiger partial charge in [0.15, 0.2) is 0 Å². The van der Waals surface area contributed by atoms with E-state index >= 15 is 0 Å². The molecule has 0 amide bonds. The minimum atomic E-state index is -4.42. The first kappa shape index (κ1) is 15.0. The van der Waals surface area contributed by atoms with E-state index in [1.807, 2.05) is 13.8 Å². The van der Waals surface area contributed by atoms with Crippen LogP contribution in [-0.4, -0.2) is 18.8 Å². The van der Waals surface area contributed by atoms with Crippen LogP contribution in [0.4, 0.5) is 18.9 Å². The molecule has 2 nitrogen and oxygen atoms in total. The van der Waals surface area contributed by atoms with Crippen molar-refractivity contribution < 1.29 is 17.9 Å². The summed E-state index contributed by atoms with van der Waals surface area (Å²) in [6, 6.07) is 3.12. The molecule has 0 spiro atoms. The predicted molar refractivity (Wildman–Crippen MR) is 74.3 cm³/mol. The molecule has 20 heavy (non-hydrogen) atoms. The lowest BCUT2D eigenvalue weighted by Crippen LogP contribution is -2.33. The highest BCUT2D eigenvalue weighted by molar-refractivity contribution is 6.33. The zero-order valence-electron chi connectivity index (χ0n) is 11.1. The number of nitrogens with one attached hydrogen (secondary N) is 1. The molecule has 1 aromatic rings. The highest BCUT2D eigenvalue weighted by Crippen LogP contribution is 2.37. The lowest BCUT2D eigenvalue weighted by Gasteiger charge is -2.24. The summed E-state index contributed by atoms with van der Waals surface area (Å²) in [5.74, 6) is 0.580. The molecule has 1 atom stereocenters. The van der Waals surface area contributed by atoms with Crippen molar-refractivity contribution in [3.63, 3.8) is 0 Å². The molecule has 1 aliphatic heterocycles. The van der Waals surface area contributed by atoms with Crippen LogP contribution < -0.4 is 10.1 Å². The van der Waals surface area contributed by atoms with E-state index in [4.69, 9.17) is 16.3 Å². The summed E-state index contributed by atoms with van der Waals surface area (Å²) in [6.45, 7) is 4.73. The third-order valence-corrected chi connectivity index (χ3v) is 3.14. The largest absolute Gasteiger partial charge is 0.476 e. The van der Waals surface area contributed by atoms with Gasteiger partial charge in [-0.25, -0.2) is 0 Å². The normalized spacial score (nSPS) is 17.9. The maximum atomic E-state index is 12.7. The van der Waals surface area contributed by atoms with Gasteiger partial charge in [-0.1, -0.05) is 31.5 Å². The summed E-state index contributed by atoms with van der Waals surface area (Å²) in [4.78, 5) is 0. The summed E-state index contributed by atoms with van der Waals surface area (Å²) in [6.07, 6.45) is -3.96. The summed E-state index contributed by atoms with van der Waals surface area (Å²) in [5.41, 5.74) is 1.13. The Bertz CT molecular complexity index is 526. The van der Waals surface area contributed by atoms with Crippen molar-refractivity contribution in [2.75, 3.05) is 11.9 Å². The molecule has 0 saturated carbocycles. The number of ether oxygens (including phenoxy) is 1. The zero-order valence-corrected chi connectivity index (χ0v) is 11.8. The molecule has 0 bridgehead atoms. The molecule has 0 radical (unpaired) electrons. The molecule has 0 aromatic heterocycles. The molecule has 0 saturated heterocycles. The molecule has 1 unspecified atom stereocenters. The van der Waals surface area contributed by atoms with Crippen molar-refractivity contribution in [1.29, 1.82) is 0 Å². The van der Waals surface area contributed by atoms with E-state index in [2.05, 4.69) is 5.32 Å². The highest BCUT2D eigenvalue weighted by Gasteiger charge is 2.41. The van der Waals surface area contributed by atoms with Crippen LogP contribution in [-0.2, 0) is 0 Å². The van der Waals surface area contributed by atoms with Gasteiger partial charge in [-0.05, 0) is 18.1 Å². The third kappa shape index (κ3) is 3.39. The quantitative estimate of drug-likeness (QED) is 0.870. The summed E-state index contributed by atoms with van der Waals surface area (Å²) >= 11 is 6.10. The first-order valence-corrected chi connectivity index (χ1v) is 6.64. The molecule has 6 heteroatoms. The van der Waals surface area contributed by atoms with Crippen LogP contribution in [0, 0.1) is 5.92 Å². The van der Waals surface area contributed by atoms with Gasteiger partial charge in [0.1, 0.15) is 5.75 Å². The van der Waals surface area contributed by atoms with Crippen LogP contribution in [0.2, 0.25) is 5.02 Å². The van der Waals surface area contributed by atoms with Gasteiger partial charge in [0.25, 0.3) is 0 Å². The van der Waals surface area contributed by atoms with Gasteiger partial charge in [-0.3, -0.25) is 0 Å². The molecule has 110 valence electrons. The van der Waals surface area contributed by atoms with Crippen molar-refractivity contribution in [3.8, 4) is 5.75 Å². The number of hydrogen-bond donors (Lipinski definition) is 1. The van der Waals surface area contributed by atoms with Crippen molar-refractivity contribution in [2.45, 2.75) is 26.1 Å². The average molecular weight is 306 g/mol. The Morgan fingerprint density at radius 1 is 1.35 bits per heavy atom. The van der Waals surface area contributed by atoms with E-state index in [1.165, 1.54) is 12.1 Å². The Labute approximate surface area is 120 Å². The van der Waals surface area contributed by atoms with Gasteiger partial charge in [0.05, 0.1) is 10.7 Å². The monoisotopic (exact) mass is 305 g/mol. The maximum Gasteiger partial charge on any atom is 0.429 e. The Kier molecular flexibility index (Phi) is 4.18. The molecule has 1 heterocycles. The van der Waals surface area contributed by atoms with Crippen LogP contribution in [0.5, 0.6) is 5.75 Å². The molecular weight excluding hydrogens is 291 g/mol. The minimum absolute atomic E-state index is 0.186. The summed E-state index contributed by atoms with van der Waals surface area (Å²) in [5, 5.41) is 3.56. The lowest BCUT2D eigenvalue weighted by atomic mass is 10.1. The molecule has 1 aliphatic rings. The smallest absolute Gasteiger partial charge is 0.429 e. The first-order chi connectivity index (χ1) is 9.27. The molecule has 2 rings (SSSR count). The number of alkyl halides is 3. The van der Waals surface area contributed by atoms with Gasteiger partial charge in [-0.2, -0.15) is 13.2 Å². The second-order valence-corrected chi connectivity index (χ2v) is 5.49. The second kappa shape index (κ2) is 5.56. The van der Waals surface area contributed by atoms with Crippen LogP contribution in [0.3, 0.4) is 0 Å². The van der Waals surface area contributed by atoms with Gasteiger partial charge in [-0.15, -0.1) is 0 Å². The highest BCUT2D eigenvalue weighted by atomic mass is 35.5. The fraction of sp³-hybridized carbons (Fsp3) is 0.429. The second-order valence-electron chi connectivity index (χ2n) is 5.08. The number of benzene rings is 1. The Hall–Kier alpha value is -1.36. The van der Waals surface area contributed by atoms with Crippen molar-refractivity contribution in [2.24, 2.45) is 5.92 Å². The van der Waals surface area contributed by atoms with Gasteiger partial charge >= 0.3 is 6.18 Å². The predicted octanol–water partition coefficient (Wildman–Crippen LogP) is 4.74. The molecule has 0 fully saturated rings. The van der Waals surface area contributed by atoms with E-state index in [9.17, 15) is 13.2 Å². The zero-order chi connectivity index (χ0) is 14.9. The van der Waals surface area contributed by atoms with Crippen molar-refractivity contribution >= 4 is 23.4 Å². The molecule has 0 aliphatic carbocycles. The Morgan fingerprint density at radius 2 is 2.05 bits per heavy atom. The topological polar surface area (TPSA) is 21.3 Å². The van der Waals surface area contributed by atoms with Gasteiger partial charge in [0, 0.05) is 18.2 Å². The number of fused-ring (bicyclic) bond motifs is 1. The van der Waals surface area contributed by atoms with E-state index in [1.54, 1.807) is 6.07 Å². The first-order valence-electron chi connectivity index (χ1n) is 6.26. The fourth-order valence-corrected chi connectivity index (χ4v) is 2.03. The van der Waals surface area contributed by atoms with E-state index in [-0.39, 0.29) is 5.75 Å². The lowest BCUT2D eigenvalue weighted by molar-refractivity contribution is -0.180. The molecule has 1 aromatic carbocycles. The van der Waals surface area contributed by atoms with Crippen LogP contribution in [0.15, 0.2) is 18.2 Å². The van der Waals surface area contributed by atoms with Crippen molar-refractivity contribution in [3.05, 3.63) is 28.8 Å². The molecule has 1 N–H and O–H groups in total. The van der Waals surface area contributed by atoms with E-state index in [0.29, 0.717) is 28.7 Å². The van der Waals surface area contributed by atoms with Crippen LogP contribution in [0.1, 0.15) is 19.4 Å². The number of halogens is 4. The number of hydrogen-bond acceptors (Lipinski definition) is 2. The maximum absolute atomic E-state index is 12.7. The molecular formula is C14H15ClF3NO. The number of rotatable bonds is 3. The van der Waals surface area contributed by atoms with Gasteiger partial charge in [0.2, 0.25) is 6.10 Å². The minimum Gasteiger partial charge on any atom is -0.476 e. The van der Waals surface area contributed by atoms with Gasteiger partial charge < -0.3 is 10.1 Å². The SMILES string of the molecule is CC(C)CNc1cc2c(cc1Cl)C=CC(C(F)(F)F)O2.